The van der Waals surface area contributed by atoms with Crippen molar-refractivity contribution in [2.24, 2.45) is 0 Å². The molecule has 0 aliphatic heterocycles. The first kappa shape index (κ1) is 20.9. The third-order valence-electron chi connectivity index (χ3n) is 8.51. The van der Waals surface area contributed by atoms with Gasteiger partial charge in [-0.15, -0.1) is 0 Å². The molecule has 0 bridgehead atoms. The van der Waals surface area contributed by atoms with Crippen molar-refractivity contribution in [2.75, 3.05) is 0 Å². The molecule has 0 unspecified atom stereocenters. The molecule has 39 heavy (non-hydrogen) atoms. The van der Waals surface area contributed by atoms with E-state index in [-0.39, 0.29) is 0 Å². The van der Waals surface area contributed by atoms with Crippen LogP contribution in [0.1, 0.15) is 0 Å². The van der Waals surface area contributed by atoms with E-state index in [1.54, 1.807) is 0 Å². The zero-order chi connectivity index (χ0) is 25.5. The van der Waals surface area contributed by atoms with Crippen LogP contribution in [0.2, 0.25) is 0 Å². The van der Waals surface area contributed by atoms with Gasteiger partial charge in [-0.1, -0.05) is 127 Å². The normalized spacial score (nSPS) is 12.1. The van der Waals surface area contributed by atoms with Gasteiger partial charge in [-0.25, -0.2) is 0 Å². The van der Waals surface area contributed by atoms with Gasteiger partial charge in [-0.2, -0.15) is 0 Å². The minimum absolute atomic E-state index is 1.22. The molecule has 0 aliphatic rings. The molecular formula is C38H23N. The number of nitrogens with zero attached hydrogens (tertiary/aromatic N) is 1. The predicted molar refractivity (Wildman–Crippen MR) is 168 cm³/mol. The fraction of sp³-hybridized carbons (Fsp3) is 0. The zero-order valence-corrected chi connectivity index (χ0v) is 21.2. The summed E-state index contributed by atoms with van der Waals surface area (Å²) in [5.41, 5.74) is 3.74. The van der Waals surface area contributed by atoms with Gasteiger partial charge in [0.2, 0.25) is 0 Å². The maximum atomic E-state index is 2.54. The van der Waals surface area contributed by atoms with E-state index < -0.39 is 0 Å². The van der Waals surface area contributed by atoms with Crippen LogP contribution < -0.4 is 0 Å². The quantitative estimate of drug-likeness (QED) is 0.200. The highest BCUT2D eigenvalue weighted by Gasteiger charge is 2.21. The van der Waals surface area contributed by atoms with Crippen molar-refractivity contribution in [1.29, 1.82) is 0 Å². The Bertz CT molecular complexity index is 2440. The van der Waals surface area contributed by atoms with E-state index in [1.165, 1.54) is 81.4 Å². The number of rotatable bonds is 1. The first-order valence-electron chi connectivity index (χ1n) is 13.5. The molecule has 9 aromatic rings. The molecule has 0 fully saturated rings. The molecule has 0 saturated heterocycles. The lowest BCUT2D eigenvalue weighted by Gasteiger charge is -2.16. The lowest BCUT2D eigenvalue weighted by molar-refractivity contribution is 1.21. The van der Waals surface area contributed by atoms with Crippen molar-refractivity contribution in [3.05, 3.63) is 140 Å². The summed E-state index contributed by atoms with van der Waals surface area (Å²) < 4.78 is 2.54. The summed E-state index contributed by atoms with van der Waals surface area (Å²) in [6.45, 7) is 0. The second-order valence-electron chi connectivity index (χ2n) is 10.5. The van der Waals surface area contributed by atoms with Crippen molar-refractivity contribution >= 4 is 75.7 Å². The summed E-state index contributed by atoms with van der Waals surface area (Å²) in [5.74, 6) is 0. The van der Waals surface area contributed by atoms with Gasteiger partial charge in [0, 0.05) is 21.5 Å². The predicted octanol–water partition coefficient (Wildman–Crippen LogP) is 10.5. The summed E-state index contributed by atoms with van der Waals surface area (Å²) in [6, 6.07) is 51.2. The molecule has 1 aromatic heterocycles. The molecule has 0 N–H and O–H groups in total. The van der Waals surface area contributed by atoms with Gasteiger partial charge < -0.3 is 4.57 Å². The van der Waals surface area contributed by atoms with Gasteiger partial charge in [0.05, 0.1) is 16.7 Å². The van der Waals surface area contributed by atoms with E-state index in [2.05, 4.69) is 144 Å². The second-order valence-corrected chi connectivity index (χ2v) is 10.5. The first-order valence-corrected chi connectivity index (χ1v) is 13.5. The molecule has 0 spiro atoms. The van der Waals surface area contributed by atoms with Crippen LogP contribution in [-0.4, -0.2) is 4.57 Å². The smallest absolute Gasteiger partial charge is 0.0626 e. The minimum Gasteiger partial charge on any atom is -0.308 e. The fourth-order valence-electron chi connectivity index (χ4n) is 6.91. The van der Waals surface area contributed by atoms with Crippen LogP contribution in [0.15, 0.2) is 140 Å². The Kier molecular flexibility index (Phi) is 4.11. The van der Waals surface area contributed by atoms with Crippen molar-refractivity contribution in [2.45, 2.75) is 0 Å². The topological polar surface area (TPSA) is 4.93 Å². The van der Waals surface area contributed by atoms with Crippen LogP contribution in [0.5, 0.6) is 0 Å². The minimum atomic E-state index is 1.22. The summed E-state index contributed by atoms with van der Waals surface area (Å²) >= 11 is 0. The summed E-state index contributed by atoms with van der Waals surface area (Å²) in [7, 11) is 0. The van der Waals surface area contributed by atoms with Gasteiger partial charge in [0.15, 0.2) is 0 Å². The first-order chi connectivity index (χ1) is 19.4. The van der Waals surface area contributed by atoms with Crippen LogP contribution >= 0.6 is 0 Å². The van der Waals surface area contributed by atoms with Gasteiger partial charge >= 0.3 is 0 Å². The van der Waals surface area contributed by atoms with Crippen molar-refractivity contribution in [3.8, 4) is 5.69 Å². The van der Waals surface area contributed by atoms with Crippen LogP contribution in [0, 0.1) is 0 Å². The third-order valence-corrected chi connectivity index (χ3v) is 8.51. The van der Waals surface area contributed by atoms with Crippen molar-refractivity contribution < 1.29 is 0 Å². The molecule has 180 valence electrons. The number of hydrogen-bond acceptors (Lipinski definition) is 0. The monoisotopic (exact) mass is 493 g/mol. The fourth-order valence-corrected chi connectivity index (χ4v) is 6.91. The van der Waals surface area contributed by atoms with Gasteiger partial charge in [-0.05, 0) is 55.2 Å². The molecule has 8 aromatic carbocycles. The Morgan fingerprint density at radius 2 is 0.846 bits per heavy atom. The van der Waals surface area contributed by atoms with Crippen molar-refractivity contribution in [3.63, 3.8) is 0 Å². The van der Waals surface area contributed by atoms with Crippen LogP contribution in [0.25, 0.3) is 81.4 Å². The van der Waals surface area contributed by atoms with Gasteiger partial charge in [0.25, 0.3) is 0 Å². The molecule has 0 aliphatic carbocycles. The average molecular weight is 494 g/mol. The van der Waals surface area contributed by atoms with Crippen LogP contribution in [0.3, 0.4) is 0 Å². The number of benzene rings is 8. The molecule has 0 amide bonds. The molecule has 9 rings (SSSR count). The molecule has 0 radical (unpaired) electrons. The van der Waals surface area contributed by atoms with E-state index >= 15 is 0 Å². The maximum Gasteiger partial charge on any atom is 0.0626 e. The van der Waals surface area contributed by atoms with Crippen LogP contribution in [0.4, 0.5) is 0 Å². The molecule has 1 heteroatoms. The highest BCUT2D eigenvalue weighted by atomic mass is 15.0. The molecule has 1 heterocycles. The van der Waals surface area contributed by atoms with E-state index in [0.29, 0.717) is 0 Å². The average Bonchev–Trinajstić information content (AvgIpc) is 3.37. The van der Waals surface area contributed by atoms with E-state index in [1.807, 2.05) is 0 Å². The Labute approximate surface area is 225 Å². The summed E-state index contributed by atoms with van der Waals surface area (Å²) in [5, 5.41) is 15.5. The maximum absolute atomic E-state index is 2.54. The highest BCUT2D eigenvalue weighted by molar-refractivity contribution is 6.36. The van der Waals surface area contributed by atoms with Crippen LogP contribution in [-0.2, 0) is 0 Å². The highest BCUT2D eigenvalue weighted by Crippen LogP contribution is 2.46. The number of aromatic nitrogens is 1. The zero-order valence-electron chi connectivity index (χ0n) is 21.2. The standard InChI is InChI=1S/C38H23N/c1-4-14-27-24(11-1)21-22-34-36(27)37-32-19-9-6-16-29(32)30-17-7-10-20-33(30)38(37)39(34)35-23-25-12-2-3-13-26(25)28-15-5-8-18-31(28)35/h1-23H. The lowest BCUT2D eigenvalue weighted by Crippen LogP contribution is -1.97. The molecule has 0 saturated carbocycles. The third kappa shape index (κ3) is 2.74. The van der Waals surface area contributed by atoms with Gasteiger partial charge in [0.1, 0.15) is 0 Å². The SMILES string of the molecule is c1ccc2c(c1)cc(-n1c3ccc4ccccc4c3c3c4ccccc4c4ccccc4c31)c1ccccc12. The molecular weight excluding hydrogens is 470 g/mol. The Hall–Kier alpha value is -5.14. The Balaban J connectivity index is 1.65. The molecule has 1 nitrogen and oxygen atoms in total. The van der Waals surface area contributed by atoms with Crippen molar-refractivity contribution in [1.82, 2.24) is 4.57 Å². The van der Waals surface area contributed by atoms with E-state index in [0.717, 1.165) is 0 Å². The summed E-state index contributed by atoms with van der Waals surface area (Å²) in [4.78, 5) is 0. The number of fused-ring (bicyclic) bond motifs is 13. The lowest BCUT2D eigenvalue weighted by atomic mass is 9.95. The van der Waals surface area contributed by atoms with E-state index in [9.17, 15) is 0 Å². The Morgan fingerprint density at radius 1 is 0.333 bits per heavy atom. The van der Waals surface area contributed by atoms with Gasteiger partial charge in [-0.3, -0.25) is 0 Å². The Morgan fingerprint density at radius 3 is 1.59 bits per heavy atom. The molecule has 0 atom stereocenters. The number of hydrogen-bond donors (Lipinski definition) is 0. The second kappa shape index (κ2) is 7.69. The van der Waals surface area contributed by atoms with E-state index in [4.69, 9.17) is 0 Å². The summed E-state index contributed by atoms with van der Waals surface area (Å²) in [6.07, 6.45) is 0. The largest absolute Gasteiger partial charge is 0.308 e.